The summed E-state index contributed by atoms with van der Waals surface area (Å²) in [6.45, 7) is 3.54. The monoisotopic (exact) mass is 454 g/mol. The molecule has 3 aromatic carbocycles. The first kappa shape index (κ1) is 23.5. The average Bonchev–Trinajstić information content (AvgIpc) is 2.78. The number of carbonyl (C=O) groups is 1. The van der Waals surface area contributed by atoms with Crippen molar-refractivity contribution in [2.75, 3.05) is 16.2 Å². The van der Waals surface area contributed by atoms with E-state index in [2.05, 4.69) is 12.2 Å². The van der Waals surface area contributed by atoms with E-state index in [0.29, 0.717) is 5.69 Å². The number of sulfonamides is 1. The normalized spacial score (nSPS) is 11.2. The summed E-state index contributed by atoms with van der Waals surface area (Å²) in [5.41, 5.74) is 2.89. The molecule has 7 heteroatoms. The SMILES string of the molecule is CCCCc1ccc(NC(=O)CN(c2ccc(F)cc2)S(=O)(=O)c2ccc(C)cc2)cc1. The molecule has 3 rings (SSSR count). The van der Waals surface area contributed by atoms with Crippen molar-refractivity contribution in [1.82, 2.24) is 0 Å². The lowest BCUT2D eigenvalue weighted by Crippen LogP contribution is -2.38. The van der Waals surface area contributed by atoms with Crippen LogP contribution in [0.4, 0.5) is 15.8 Å². The molecule has 0 heterocycles. The molecular formula is C25H27FN2O3S. The molecular weight excluding hydrogens is 427 g/mol. The van der Waals surface area contributed by atoms with Crippen LogP contribution in [0.3, 0.4) is 0 Å². The molecule has 1 amide bonds. The highest BCUT2D eigenvalue weighted by Crippen LogP contribution is 2.24. The van der Waals surface area contributed by atoms with Crippen LogP contribution in [0, 0.1) is 12.7 Å². The van der Waals surface area contributed by atoms with Gasteiger partial charge in [-0.3, -0.25) is 9.10 Å². The van der Waals surface area contributed by atoms with E-state index < -0.39 is 28.3 Å². The molecule has 0 aliphatic heterocycles. The number of carbonyl (C=O) groups excluding carboxylic acids is 1. The van der Waals surface area contributed by atoms with Gasteiger partial charge in [-0.05, 0) is 73.9 Å². The van der Waals surface area contributed by atoms with Crippen LogP contribution in [0.15, 0.2) is 77.7 Å². The quantitative estimate of drug-likeness (QED) is 0.476. The van der Waals surface area contributed by atoms with Gasteiger partial charge in [-0.15, -0.1) is 0 Å². The third-order valence-electron chi connectivity index (χ3n) is 5.07. The summed E-state index contributed by atoms with van der Waals surface area (Å²) in [5.74, 6) is -0.986. The summed E-state index contributed by atoms with van der Waals surface area (Å²) >= 11 is 0. The van der Waals surface area contributed by atoms with E-state index in [1.807, 2.05) is 19.1 Å². The van der Waals surface area contributed by atoms with E-state index in [9.17, 15) is 17.6 Å². The van der Waals surface area contributed by atoms with Gasteiger partial charge in [0.25, 0.3) is 10.0 Å². The predicted molar refractivity (Wildman–Crippen MR) is 126 cm³/mol. The molecule has 3 aromatic rings. The molecule has 0 spiro atoms. The van der Waals surface area contributed by atoms with Gasteiger partial charge in [-0.2, -0.15) is 0 Å². The molecule has 5 nitrogen and oxygen atoms in total. The first-order valence-electron chi connectivity index (χ1n) is 10.5. The number of hydrogen-bond donors (Lipinski definition) is 1. The third kappa shape index (κ3) is 5.95. The first-order chi connectivity index (χ1) is 15.3. The summed E-state index contributed by atoms with van der Waals surface area (Å²) in [6, 6.07) is 18.9. The van der Waals surface area contributed by atoms with Gasteiger partial charge >= 0.3 is 0 Å². The minimum absolute atomic E-state index is 0.0560. The Morgan fingerprint density at radius 3 is 2.16 bits per heavy atom. The fourth-order valence-electron chi connectivity index (χ4n) is 3.23. The highest BCUT2D eigenvalue weighted by Gasteiger charge is 2.27. The van der Waals surface area contributed by atoms with E-state index in [4.69, 9.17) is 0 Å². The van der Waals surface area contributed by atoms with Crippen molar-refractivity contribution in [1.29, 1.82) is 0 Å². The number of hydrogen-bond acceptors (Lipinski definition) is 3. The standard InChI is InChI=1S/C25H27FN2O3S/c1-3-4-5-20-8-12-22(13-9-20)27-25(29)18-28(23-14-10-21(26)11-15-23)32(30,31)24-16-6-19(2)7-17-24/h6-17H,3-5,18H2,1-2H3,(H,27,29). The molecule has 168 valence electrons. The number of amides is 1. The number of anilines is 2. The number of benzene rings is 3. The second kappa shape index (κ2) is 10.4. The lowest BCUT2D eigenvalue weighted by atomic mass is 10.1. The maximum absolute atomic E-state index is 13.4. The van der Waals surface area contributed by atoms with Crippen LogP contribution in [0.5, 0.6) is 0 Å². The van der Waals surface area contributed by atoms with E-state index in [-0.39, 0.29) is 10.6 Å². The zero-order chi connectivity index (χ0) is 23.1. The van der Waals surface area contributed by atoms with Gasteiger partial charge in [0.1, 0.15) is 12.4 Å². The van der Waals surface area contributed by atoms with Crippen LogP contribution in [-0.4, -0.2) is 20.9 Å². The third-order valence-corrected chi connectivity index (χ3v) is 6.86. The molecule has 1 N–H and O–H groups in total. The predicted octanol–water partition coefficient (Wildman–Crippen LogP) is 5.31. The van der Waals surface area contributed by atoms with Crippen LogP contribution >= 0.6 is 0 Å². The molecule has 0 bridgehead atoms. The highest BCUT2D eigenvalue weighted by molar-refractivity contribution is 7.92. The molecule has 0 unspecified atom stereocenters. The number of aryl methyl sites for hydroxylation is 2. The van der Waals surface area contributed by atoms with Gasteiger partial charge in [0.05, 0.1) is 10.6 Å². The topological polar surface area (TPSA) is 66.5 Å². The van der Waals surface area contributed by atoms with Crippen LogP contribution < -0.4 is 9.62 Å². The van der Waals surface area contributed by atoms with E-state index >= 15 is 0 Å². The van der Waals surface area contributed by atoms with Gasteiger partial charge < -0.3 is 5.32 Å². The Kier molecular flexibility index (Phi) is 7.64. The zero-order valence-electron chi connectivity index (χ0n) is 18.2. The molecule has 0 fully saturated rings. The van der Waals surface area contributed by atoms with Gasteiger partial charge in [-0.1, -0.05) is 43.2 Å². The molecule has 0 aliphatic rings. The van der Waals surface area contributed by atoms with E-state index in [0.717, 1.165) is 29.1 Å². The van der Waals surface area contributed by atoms with Crippen molar-refractivity contribution in [2.24, 2.45) is 0 Å². The van der Waals surface area contributed by atoms with Gasteiger partial charge in [0, 0.05) is 5.69 Å². The number of nitrogens with zero attached hydrogens (tertiary/aromatic N) is 1. The molecule has 0 radical (unpaired) electrons. The van der Waals surface area contributed by atoms with E-state index in [1.54, 1.807) is 24.3 Å². The molecule has 0 aromatic heterocycles. The Hall–Kier alpha value is -3.19. The van der Waals surface area contributed by atoms with Crippen LogP contribution in [0.25, 0.3) is 0 Å². The minimum Gasteiger partial charge on any atom is -0.325 e. The molecule has 32 heavy (non-hydrogen) atoms. The summed E-state index contributed by atoms with van der Waals surface area (Å²) in [4.78, 5) is 12.8. The Morgan fingerprint density at radius 1 is 0.938 bits per heavy atom. The number of unbranched alkanes of at least 4 members (excludes halogenated alkanes) is 1. The molecule has 0 saturated carbocycles. The zero-order valence-corrected chi connectivity index (χ0v) is 19.0. The number of halogens is 1. The first-order valence-corrected chi connectivity index (χ1v) is 12.0. The minimum atomic E-state index is -4.04. The van der Waals surface area contributed by atoms with Crippen LogP contribution in [-0.2, 0) is 21.2 Å². The lowest BCUT2D eigenvalue weighted by molar-refractivity contribution is -0.114. The van der Waals surface area contributed by atoms with Crippen LogP contribution in [0.1, 0.15) is 30.9 Å². The van der Waals surface area contributed by atoms with Crippen molar-refractivity contribution in [3.8, 4) is 0 Å². The Balaban J connectivity index is 1.83. The Morgan fingerprint density at radius 2 is 1.56 bits per heavy atom. The fraction of sp³-hybridized carbons (Fsp3) is 0.240. The van der Waals surface area contributed by atoms with Crippen molar-refractivity contribution in [3.05, 3.63) is 89.7 Å². The number of rotatable bonds is 9. The second-order valence-corrected chi connectivity index (χ2v) is 9.51. The smallest absolute Gasteiger partial charge is 0.264 e. The molecule has 0 saturated heterocycles. The number of nitrogens with one attached hydrogen (secondary N) is 1. The Bertz CT molecular complexity index is 1140. The van der Waals surface area contributed by atoms with Crippen molar-refractivity contribution < 1.29 is 17.6 Å². The van der Waals surface area contributed by atoms with Gasteiger partial charge in [0.15, 0.2) is 0 Å². The maximum atomic E-state index is 13.4. The van der Waals surface area contributed by atoms with Crippen molar-refractivity contribution >= 4 is 27.3 Å². The fourth-order valence-corrected chi connectivity index (χ4v) is 4.65. The second-order valence-electron chi connectivity index (χ2n) is 7.65. The molecule has 0 aliphatic carbocycles. The molecule has 0 atom stereocenters. The summed E-state index contributed by atoms with van der Waals surface area (Å²) in [5, 5.41) is 2.75. The van der Waals surface area contributed by atoms with Crippen LogP contribution in [0.2, 0.25) is 0 Å². The summed E-state index contributed by atoms with van der Waals surface area (Å²) in [6.07, 6.45) is 3.17. The highest BCUT2D eigenvalue weighted by atomic mass is 32.2. The lowest BCUT2D eigenvalue weighted by Gasteiger charge is -2.24. The van der Waals surface area contributed by atoms with E-state index in [1.165, 1.54) is 42.0 Å². The average molecular weight is 455 g/mol. The maximum Gasteiger partial charge on any atom is 0.264 e. The van der Waals surface area contributed by atoms with Gasteiger partial charge in [0.2, 0.25) is 5.91 Å². The largest absolute Gasteiger partial charge is 0.325 e. The summed E-state index contributed by atoms with van der Waals surface area (Å²) in [7, 11) is -4.04. The van der Waals surface area contributed by atoms with Gasteiger partial charge in [-0.25, -0.2) is 12.8 Å². The van der Waals surface area contributed by atoms with Crippen molar-refractivity contribution in [3.63, 3.8) is 0 Å². The summed E-state index contributed by atoms with van der Waals surface area (Å²) < 4.78 is 41.0. The van der Waals surface area contributed by atoms with Crippen molar-refractivity contribution in [2.45, 2.75) is 38.0 Å². The Labute approximate surface area is 188 Å².